The molecule has 0 spiro atoms. The lowest BCUT2D eigenvalue weighted by atomic mass is 9.95. The molecule has 0 aromatic heterocycles. The Balaban J connectivity index is 2.53. The molecule has 1 aromatic rings. The van der Waals surface area contributed by atoms with Crippen molar-refractivity contribution in [2.45, 2.75) is 39.3 Å². The molecular formula is C16H22N2O3. The zero-order valence-electron chi connectivity index (χ0n) is 12.9. The van der Waals surface area contributed by atoms with E-state index in [1.807, 2.05) is 45.0 Å². The molecule has 3 atom stereocenters. The topological polar surface area (TPSA) is 58.6 Å². The largest absolute Gasteiger partial charge is 0.453 e. The van der Waals surface area contributed by atoms with Crippen molar-refractivity contribution in [3.63, 3.8) is 0 Å². The van der Waals surface area contributed by atoms with E-state index in [1.54, 1.807) is 4.90 Å². The lowest BCUT2D eigenvalue weighted by Crippen LogP contribution is -2.50. The third-order valence-electron chi connectivity index (χ3n) is 4.22. The Hall–Kier alpha value is -2.04. The molecule has 0 saturated carbocycles. The number of carbonyl (C=O) groups is 2. The number of nitrogens with zero attached hydrogens (tertiary/aromatic N) is 1. The van der Waals surface area contributed by atoms with E-state index >= 15 is 0 Å². The van der Waals surface area contributed by atoms with Gasteiger partial charge in [-0.15, -0.1) is 0 Å². The van der Waals surface area contributed by atoms with Crippen molar-refractivity contribution in [3.8, 4) is 0 Å². The number of methoxy groups -OCH3 is 1. The van der Waals surface area contributed by atoms with E-state index in [9.17, 15) is 9.59 Å². The number of nitrogens with one attached hydrogen (secondary N) is 1. The summed E-state index contributed by atoms with van der Waals surface area (Å²) in [5, 5.41) is 2.94. The molecule has 2 rings (SSSR count). The summed E-state index contributed by atoms with van der Waals surface area (Å²) >= 11 is 0. The molecule has 21 heavy (non-hydrogen) atoms. The van der Waals surface area contributed by atoms with Crippen LogP contribution in [0.4, 0.5) is 10.5 Å². The molecule has 1 unspecified atom stereocenters. The molecule has 114 valence electrons. The first-order valence-electron chi connectivity index (χ1n) is 7.27. The third-order valence-corrected chi connectivity index (χ3v) is 4.22. The minimum atomic E-state index is -0.537. The van der Waals surface area contributed by atoms with Gasteiger partial charge in [0.05, 0.1) is 13.2 Å². The number of hydrogen-bond acceptors (Lipinski definition) is 3. The van der Waals surface area contributed by atoms with Gasteiger partial charge in [-0.25, -0.2) is 4.79 Å². The van der Waals surface area contributed by atoms with E-state index < -0.39 is 12.1 Å². The summed E-state index contributed by atoms with van der Waals surface area (Å²) < 4.78 is 4.91. The molecule has 1 aliphatic heterocycles. The molecule has 0 saturated heterocycles. The van der Waals surface area contributed by atoms with Crippen LogP contribution in [0.5, 0.6) is 0 Å². The highest BCUT2D eigenvalue weighted by Crippen LogP contribution is 2.35. The van der Waals surface area contributed by atoms with Gasteiger partial charge in [0.1, 0.15) is 6.04 Å². The van der Waals surface area contributed by atoms with Gasteiger partial charge in [0.25, 0.3) is 0 Å². The van der Waals surface area contributed by atoms with Crippen molar-refractivity contribution >= 4 is 17.7 Å². The summed E-state index contributed by atoms with van der Waals surface area (Å²) in [4.78, 5) is 26.4. The fourth-order valence-electron chi connectivity index (χ4n) is 2.83. The zero-order chi connectivity index (χ0) is 15.6. The summed E-state index contributed by atoms with van der Waals surface area (Å²) in [6.45, 7) is 5.91. The maximum atomic E-state index is 12.6. The third kappa shape index (κ3) is 2.73. The lowest BCUT2D eigenvalue weighted by Gasteiger charge is -2.35. The SMILES string of the molecule is CC[C@H](C)[C@H]1C(=O)Nc2ccccc2C(C)N1C(=O)OC. The first-order valence-corrected chi connectivity index (χ1v) is 7.27. The van der Waals surface area contributed by atoms with Gasteiger partial charge >= 0.3 is 6.09 Å². The average Bonchev–Trinajstić information content (AvgIpc) is 2.60. The van der Waals surface area contributed by atoms with E-state index in [2.05, 4.69) is 5.32 Å². The van der Waals surface area contributed by atoms with E-state index in [4.69, 9.17) is 4.74 Å². The number of carbonyl (C=O) groups excluding carboxylic acids is 2. The second-order valence-electron chi connectivity index (χ2n) is 5.46. The van der Waals surface area contributed by atoms with Crippen LogP contribution in [0.25, 0.3) is 0 Å². The molecule has 0 bridgehead atoms. The molecule has 1 aliphatic rings. The minimum Gasteiger partial charge on any atom is -0.453 e. The van der Waals surface area contributed by atoms with Crippen LogP contribution < -0.4 is 5.32 Å². The Labute approximate surface area is 125 Å². The minimum absolute atomic E-state index is 0.0425. The molecule has 1 aromatic carbocycles. The van der Waals surface area contributed by atoms with Crippen molar-refractivity contribution in [1.82, 2.24) is 4.90 Å². The molecule has 0 aliphatic carbocycles. The van der Waals surface area contributed by atoms with Crippen molar-refractivity contribution in [2.75, 3.05) is 12.4 Å². The number of anilines is 1. The quantitative estimate of drug-likeness (QED) is 0.910. The first kappa shape index (κ1) is 15.4. The Morgan fingerprint density at radius 2 is 2.10 bits per heavy atom. The van der Waals surface area contributed by atoms with Crippen LogP contribution in [0.15, 0.2) is 24.3 Å². The van der Waals surface area contributed by atoms with Crippen LogP contribution in [-0.2, 0) is 9.53 Å². The Morgan fingerprint density at radius 3 is 2.71 bits per heavy atom. The van der Waals surface area contributed by atoms with Gasteiger partial charge in [0.15, 0.2) is 0 Å². The zero-order valence-corrected chi connectivity index (χ0v) is 12.9. The Bertz CT molecular complexity index is 544. The summed E-state index contributed by atoms with van der Waals surface area (Å²) in [5.41, 5.74) is 1.68. The summed E-state index contributed by atoms with van der Waals surface area (Å²) in [6, 6.07) is 6.79. The van der Waals surface area contributed by atoms with Gasteiger partial charge in [-0.05, 0) is 24.5 Å². The molecule has 1 heterocycles. The van der Waals surface area contributed by atoms with Crippen molar-refractivity contribution in [1.29, 1.82) is 0 Å². The van der Waals surface area contributed by atoms with Gasteiger partial charge in [-0.1, -0.05) is 38.5 Å². The maximum Gasteiger partial charge on any atom is 0.410 e. The van der Waals surface area contributed by atoms with Gasteiger partial charge in [0, 0.05) is 5.69 Å². The van der Waals surface area contributed by atoms with Crippen LogP contribution in [0.1, 0.15) is 38.8 Å². The number of benzene rings is 1. The smallest absolute Gasteiger partial charge is 0.410 e. The van der Waals surface area contributed by atoms with Crippen LogP contribution in [0.2, 0.25) is 0 Å². The van der Waals surface area contributed by atoms with Gasteiger partial charge in [-0.3, -0.25) is 9.69 Å². The highest BCUT2D eigenvalue weighted by molar-refractivity contribution is 5.98. The number of amides is 2. The summed E-state index contributed by atoms with van der Waals surface area (Å²) in [7, 11) is 1.34. The normalized spacial score (nSPS) is 22.9. The fraction of sp³-hybridized carbons (Fsp3) is 0.500. The molecular weight excluding hydrogens is 268 g/mol. The molecule has 0 radical (unpaired) electrons. The second kappa shape index (κ2) is 6.16. The van der Waals surface area contributed by atoms with Crippen LogP contribution in [-0.4, -0.2) is 30.1 Å². The van der Waals surface area contributed by atoms with Gasteiger partial charge in [-0.2, -0.15) is 0 Å². The van der Waals surface area contributed by atoms with Crippen molar-refractivity contribution in [2.24, 2.45) is 5.92 Å². The predicted octanol–water partition coefficient (Wildman–Crippen LogP) is 3.18. The van der Waals surface area contributed by atoms with E-state index in [0.29, 0.717) is 0 Å². The van der Waals surface area contributed by atoms with Gasteiger partial charge in [0.2, 0.25) is 5.91 Å². The molecule has 5 heteroatoms. The number of rotatable bonds is 2. The predicted molar refractivity (Wildman–Crippen MR) is 81.0 cm³/mol. The number of hydrogen-bond donors (Lipinski definition) is 1. The number of ether oxygens (including phenoxy) is 1. The Kier molecular flexibility index (Phi) is 4.50. The van der Waals surface area contributed by atoms with Crippen LogP contribution in [0, 0.1) is 5.92 Å². The number of para-hydroxylation sites is 1. The first-order chi connectivity index (χ1) is 10.0. The maximum absolute atomic E-state index is 12.6. The molecule has 0 fully saturated rings. The van der Waals surface area contributed by atoms with Crippen molar-refractivity contribution in [3.05, 3.63) is 29.8 Å². The highest BCUT2D eigenvalue weighted by atomic mass is 16.5. The highest BCUT2D eigenvalue weighted by Gasteiger charge is 2.40. The molecule has 2 amide bonds. The monoisotopic (exact) mass is 290 g/mol. The van der Waals surface area contributed by atoms with Crippen LogP contribution >= 0.6 is 0 Å². The second-order valence-corrected chi connectivity index (χ2v) is 5.46. The van der Waals surface area contributed by atoms with Crippen molar-refractivity contribution < 1.29 is 14.3 Å². The van der Waals surface area contributed by atoms with E-state index in [0.717, 1.165) is 17.7 Å². The van der Waals surface area contributed by atoms with E-state index in [1.165, 1.54) is 7.11 Å². The van der Waals surface area contributed by atoms with E-state index in [-0.39, 0.29) is 17.9 Å². The Morgan fingerprint density at radius 1 is 1.43 bits per heavy atom. The summed E-state index contributed by atoms with van der Waals surface area (Å²) in [6.07, 6.45) is 0.328. The number of fused-ring (bicyclic) bond motifs is 1. The lowest BCUT2D eigenvalue weighted by molar-refractivity contribution is -0.123. The standard InChI is InChI=1S/C16H22N2O3/c1-5-10(2)14-15(19)17-13-9-7-6-8-12(13)11(3)18(14)16(20)21-4/h6-11,14H,5H2,1-4H3,(H,17,19)/t10-,11?,14-/m0/s1. The van der Waals surface area contributed by atoms with Crippen LogP contribution in [0.3, 0.4) is 0 Å². The van der Waals surface area contributed by atoms with Gasteiger partial charge < -0.3 is 10.1 Å². The summed E-state index contributed by atoms with van der Waals surface area (Å²) in [5.74, 6) is -0.118. The molecule has 1 N–H and O–H groups in total. The fourth-order valence-corrected chi connectivity index (χ4v) is 2.83. The average molecular weight is 290 g/mol. The molecule has 5 nitrogen and oxygen atoms in total.